The van der Waals surface area contributed by atoms with Crippen LogP contribution in [0.2, 0.25) is 0 Å². The number of aryl methyl sites for hydroxylation is 1. The number of nitrogens with zero attached hydrogens (tertiary/aromatic N) is 1. The highest BCUT2D eigenvalue weighted by molar-refractivity contribution is 5.51. The zero-order chi connectivity index (χ0) is 9.31. The standard InChI is InChI=1S/C11H16N2/c1-9-8-12-7-4-10(9)13-11(2)5-3-6-11/h4,7-8H,3,5-6H2,1-2H3,(H,12,13). The minimum atomic E-state index is 0.339. The Morgan fingerprint density at radius 2 is 2.23 bits per heavy atom. The van der Waals surface area contributed by atoms with Crippen LogP contribution in [0.1, 0.15) is 31.7 Å². The van der Waals surface area contributed by atoms with Crippen LogP contribution in [0, 0.1) is 6.92 Å². The van der Waals surface area contributed by atoms with Gasteiger partial charge in [0, 0.05) is 23.6 Å². The largest absolute Gasteiger partial charge is 0.380 e. The minimum Gasteiger partial charge on any atom is -0.380 e. The molecule has 1 aromatic rings. The Bertz CT molecular complexity index is 303. The van der Waals surface area contributed by atoms with Crippen LogP contribution in [0.3, 0.4) is 0 Å². The lowest BCUT2D eigenvalue weighted by Crippen LogP contribution is -2.41. The van der Waals surface area contributed by atoms with Gasteiger partial charge in [0.2, 0.25) is 0 Å². The van der Waals surface area contributed by atoms with Gasteiger partial charge < -0.3 is 5.32 Å². The summed E-state index contributed by atoms with van der Waals surface area (Å²) in [5, 5.41) is 3.58. The maximum atomic E-state index is 4.08. The third kappa shape index (κ3) is 1.67. The van der Waals surface area contributed by atoms with E-state index in [1.54, 1.807) is 0 Å². The number of hydrogen-bond acceptors (Lipinski definition) is 2. The molecular weight excluding hydrogens is 160 g/mol. The molecule has 0 radical (unpaired) electrons. The summed E-state index contributed by atoms with van der Waals surface area (Å²) >= 11 is 0. The maximum absolute atomic E-state index is 4.08. The summed E-state index contributed by atoms with van der Waals surface area (Å²) in [4.78, 5) is 4.08. The Hall–Kier alpha value is -1.05. The molecule has 1 saturated carbocycles. The molecule has 1 aromatic heterocycles. The van der Waals surface area contributed by atoms with Crippen LogP contribution in [-0.2, 0) is 0 Å². The quantitative estimate of drug-likeness (QED) is 0.749. The third-order valence-electron chi connectivity index (χ3n) is 2.91. The number of hydrogen-bond donors (Lipinski definition) is 1. The maximum Gasteiger partial charge on any atom is 0.0404 e. The molecular formula is C11H16N2. The first-order valence-corrected chi connectivity index (χ1v) is 4.88. The summed E-state index contributed by atoms with van der Waals surface area (Å²) in [6.07, 6.45) is 7.68. The summed E-state index contributed by atoms with van der Waals surface area (Å²) in [5.41, 5.74) is 2.80. The second kappa shape index (κ2) is 3.02. The molecule has 0 unspecified atom stereocenters. The third-order valence-corrected chi connectivity index (χ3v) is 2.91. The highest BCUT2D eigenvalue weighted by Crippen LogP contribution is 2.35. The van der Waals surface area contributed by atoms with E-state index in [9.17, 15) is 0 Å². The molecule has 2 nitrogen and oxygen atoms in total. The van der Waals surface area contributed by atoms with Crippen LogP contribution in [0.4, 0.5) is 5.69 Å². The molecule has 2 rings (SSSR count). The Balaban J connectivity index is 2.13. The highest BCUT2D eigenvalue weighted by Gasteiger charge is 2.31. The van der Waals surface area contributed by atoms with Crippen molar-refractivity contribution in [2.75, 3.05) is 5.32 Å². The lowest BCUT2D eigenvalue weighted by Gasteiger charge is -2.40. The van der Waals surface area contributed by atoms with Gasteiger partial charge in [-0.25, -0.2) is 0 Å². The van der Waals surface area contributed by atoms with Gasteiger partial charge in [-0.3, -0.25) is 4.98 Å². The van der Waals surface area contributed by atoms with Crippen molar-refractivity contribution in [1.29, 1.82) is 0 Å². The van der Waals surface area contributed by atoms with Gasteiger partial charge >= 0.3 is 0 Å². The van der Waals surface area contributed by atoms with Crippen LogP contribution in [-0.4, -0.2) is 10.5 Å². The average molecular weight is 176 g/mol. The van der Waals surface area contributed by atoms with Crippen molar-refractivity contribution in [3.63, 3.8) is 0 Å². The Morgan fingerprint density at radius 3 is 2.77 bits per heavy atom. The first kappa shape index (κ1) is 8.54. The van der Waals surface area contributed by atoms with E-state index in [1.807, 2.05) is 12.4 Å². The fraction of sp³-hybridized carbons (Fsp3) is 0.545. The zero-order valence-electron chi connectivity index (χ0n) is 8.30. The van der Waals surface area contributed by atoms with Crippen LogP contribution >= 0.6 is 0 Å². The molecule has 0 spiro atoms. The van der Waals surface area contributed by atoms with Gasteiger partial charge in [0.25, 0.3) is 0 Å². The Kier molecular flexibility index (Phi) is 1.98. The van der Waals surface area contributed by atoms with Gasteiger partial charge in [0.15, 0.2) is 0 Å². The van der Waals surface area contributed by atoms with Gasteiger partial charge in [-0.1, -0.05) is 0 Å². The van der Waals surface area contributed by atoms with E-state index in [-0.39, 0.29) is 0 Å². The molecule has 1 N–H and O–H groups in total. The molecule has 1 aliphatic rings. The number of aromatic nitrogens is 1. The molecule has 1 heterocycles. The fourth-order valence-electron chi connectivity index (χ4n) is 1.77. The first-order valence-electron chi connectivity index (χ1n) is 4.88. The Labute approximate surface area is 79.4 Å². The molecule has 0 aromatic carbocycles. The molecule has 0 aliphatic heterocycles. The summed E-state index contributed by atoms with van der Waals surface area (Å²) in [5.74, 6) is 0. The van der Waals surface area contributed by atoms with Crippen molar-refractivity contribution in [1.82, 2.24) is 4.98 Å². The smallest absolute Gasteiger partial charge is 0.0404 e. The second-order valence-corrected chi connectivity index (χ2v) is 4.23. The van der Waals surface area contributed by atoms with Crippen molar-refractivity contribution in [2.24, 2.45) is 0 Å². The first-order chi connectivity index (χ1) is 6.20. The molecule has 0 saturated heterocycles. The SMILES string of the molecule is Cc1cnccc1NC1(C)CCC1. The van der Waals surface area contributed by atoms with Crippen LogP contribution in [0.5, 0.6) is 0 Å². The van der Waals surface area contributed by atoms with Crippen molar-refractivity contribution in [2.45, 2.75) is 38.6 Å². The normalized spacial score (nSPS) is 19.2. The lowest BCUT2D eigenvalue weighted by atomic mass is 9.78. The van der Waals surface area contributed by atoms with Crippen LogP contribution in [0.15, 0.2) is 18.5 Å². The molecule has 0 bridgehead atoms. The van der Waals surface area contributed by atoms with E-state index in [0.29, 0.717) is 5.54 Å². The Morgan fingerprint density at radius 1 is 1.46 bits per heavy atom. The predicted octanol–water partition coefficient (Wildman–Crippen LogP) is 2.74. The molecule has 0 atom stereocenters. The second-order valence-electron chi connectivity index (χ2n) is 4.23. The van der Waals surface area contributed by atoms with E-state index in [2.05, 4.69) is 30.2 Å². The van der Waals surface area contributed by atoms with Gasteiger partial charge in [0.05, 0.1) is 0 Å². The molecule has 70 valence electrons. The average Bonchev–Trinajstić information content (AvgIpc) is 2.06. The highest BCUT2D eigenvalue weighted by atomic mass is 15.0. The summed E-state index contributed by atoms with van der Waals surface area (Å²) in [6.45, 7) is 4.38. The van der Waals surface area contributed by atoms with Gasteiger partial charge in [-0.2, -0.15) is 0 Å². The summed E-state index contributed by atoms with van der Waals surface area (Å²) in [7, 11) is 0. The summed E-state index contributed by atoms with van der Waals surface area (Å²) < 4.78 is 0. The fourth-order valence-corrected chi connectivity index (χ4v) is 1.77. The van der Waals surface area contributed by atoms with Gasteiger partial charge in [0.1, 0.15) is 0 Å². The van der Waals surface area contributed by atoms with Gasteiger partial charge in [-0.15, -0.1) is 0 Å². The molecule has 13 heavy (non-hydrogen) atoms. The van der Waals surface area contributed by atoms with E-state index < -0.39 is 0 Å². The van der Waals surface area contributed by atoms with E-state index in [0.717, 1.165) is 0 Å². The van der Waals surface area contributed by atoms with Crippen LogP contribution in [0.25, 0.3) is 0 Å². The molecule has 1 fully saturated rings. The molecule has 2 heteroatoms. The monoisotopic (exact) mass is 176 g/mol. The minimum absolute atomic E-state index is 0.339. The van der Waals surface area contributed by atoms with Crippen molar-refractivity contribution >= 4 is 5.69 Å². The number of rotatable bonds is 2. The van der Waals surface area contributed by atoms with E-state index >= 15 is 0 Å². The molecule has 0 amide bonds. The molecule has 1 aliphatic carbocycles. The van der Waals surface area contributed by atoms with Crippen molar-refractivity contribution in [3.8, 4) is 0 Å². The number of nitrogens with one attached hydrogen (secondary N) is 1. The topological polar surface area (TPSA) is 24.9 Å². The number of anilines is 1. The van der Waals surface area contributed by atoms with E-state index in [1.165, 1.54) is 30.5 Å². The summed E-state index contributed by atoms with van der Waals surface area (Å²) in [6, 6.07) is 2.05. The van der Waals surface area contributed by atoms with E-state index in [4.69, 9.17) is 0 Å². The predicted molar refractivity (Wildman–Crippen MR) is 54.9 cm³/mol. The van der Waals surface area contributed by atoms with Crippen LogP contribution < -0.4 is 5.32 Å². The zero-order valence-corrected chi connectivity index (χ0v) is 8.30. The number of pyridine rings is 1. The van der Waals surface area contributed by atoms with Crippen molar-refractivity contribution < 1.29 is 0 Å². The van der Waals surface area contributed by atoms with Gasteiger partial charge in [-0.05, 0) is 44.7 Å². The van der Waals surface area contributed by atoms with Crippen molar-refractivity contribution in [3.05, 3.63) is 24.0 Å². The lowest BCUT2D eigenvalue weighted by molar-refractivity contribution is 0.306.